The Morgan fingerprint density at radius 1 is 0.902 bits per heavy atom. The Hall–Kier alpha value is -2.93. The molecule has 2 aromatic rings. The van der Waals surface area contributed by atoms with Crippen LogP contribution in [0.15, 0.2) is 48.5 Å². The normalized spacial score (nSPS) is 13.7. The van der Waals surface area contributed by atoms with Gasteiger partial charge >= 0.3 is 0 Å². The molecule has 0 unspecified atom stereocenters. The van der Waals surface area contributed by atoms with Crippen molar-refractivity contribution in [2.75, 3.05) is 19.7 Å². The monoisotopic (exact) mass is 569 g/mol. The predicted molar refractivity (Wildman–Crippen MR) is 165 cm³/mol. The Balaban J connectivity index is 1.90. The third-order valence-corrected chi connectivity index (χ3v) is 6.92. The molecule has 0 saturated heterocycles. The largest absolute Gasteiger partial charge is 0.493 e. The quantitative estimate of drug-likeness (QED) is 0.194. The minimum atomic E-state index is -0.600. The molecule has 2 aromatic carbocycles. The van der Waals surface area contributed by atoms with Crippen molar-refractivity contribution in [3.05, 3.63) is 65.5 Å². The van der Waals surface area contributed by atoms with Gasteiger partial charge in [0.05, 0.1) is 12.6 Å². The van der Waals surface area contributed by atoms with Crippen LogP contribution in [-0.2, 0) is 22.4 Å². The first-order chi connectivity index (χ1) is 19.5. The summed E-state index contributed by atoms with van der Waals surface area (Å²) in [5.74, 6) is 1.27. The first-order valence-electron chi connectivity index (χ1n) is 15.2. The molecule has 228 valence electrons. The van der Waals surface area contributed by atoms with E-state index >= 15 is 0 Å². The van der Waals surface area contributed by atoms with E-state index in [1.807, 2.05) is 52.0 Å². The summed E-state index contributed by atoms with van der Waals surface area (Å²) in [5, 5.41) is 9.46. The molecule has 3 N–H and O–H groups in total. The van der Waals surface area contributed by atoms with Crippen molar-refractivity contribution in [3.8, 4) is 5.75 Å². The van der Waals surface area contributed by atoms with Gasteiger partial charge in [-0.15, -0.1) is 0 Å². The molecule has 0 aromatic heterocycles. The Morgan fingerprint density at radius 2 is 1.63 bits per heavy atom. The summed E-state index contributed by atoms with van der Waals surface area (Å²) >= 11 is 0. The van der Waals surface area contributed by atoms with Gasteiger partial charge in [0.15, 0.2) is 0 Å². The SMILES string of the molecule is CC(C)COc1ccccc1CCCNC(=O)[C@H](CC(C)C)NC(=O)[C@H](NC[C@H](C)Cc1cccc(F)c1)C(C)C. The number of hydrogen-bond acceptors (Lipinski definition) is 4. The number of amides is 2. The van der Waals surface area contributed by atoms with Gasteiger partial charge in [0.1, 0.15) is 17.6 Å². The second-order valence-electron chi connectivity index (χ2n) is 12.5. The maximum absolute atomic E-state index is 13.6. The van der Waals surface area contributed by atoms with E-state index in [1.165, 1.54) is 6.07 Å². The van der Waals surface area contributed by atoms with Crippen molar-refractivity contribution in [2.45, 2.75) is 86.2 Å². The number of benzene rings is 2. The molecule has 2 amide bonds. The van der Waals surface area contributed by atoms with Crippen LogP contribution in [0, 0.1) is 29.5 Å². The highest BCUT2D eigenvalue weighted by atomic mass is 19.1. The van der Waals surface area contributed by atoms with Crippen molar-refractivity contribution in [3.63, 3.8) is 0 Å². The number of ether oxygens (including phenoxy) is 1. The lowest BCUT2D eigenvalue weighted by Crippen LogP contribution is -2.55. The summed E-state index contributed by atoms with van der Waals surface area (Å²) in [6.07, 6.45) is 2.84. The van der Waals surface area contributed by atoms with Crippen LogP contribution in [0.1, 0.15) is 72.4 Å². The van der Waals surface area contributed by atoms with Crippen molar-refractivity contribution >= 4 is 11.8 Å². The zero-order chi connectivity index (χ0) is 30.4. The number of halogens is 1. The number of hydrogen-bond donors (Lipinski definition) is 3. The topological polar surface area (TPSA) is 79.5 Å². The van der Waals surface area contributed by atoms with Crippen molar-refractivity contribution in [2.24, 2.45) is 23.7 Å². The lowest BCUT2D eigenvalue weighted by Gasteiger charge is -2.27. The minimum absolute atomic E-state index is 0.0390. The van der Waals surface area contributed by atoms with Gasteiger partial charge in [-0.05, 0) is 85.2 Å². The van der Waals surface area contributed by atoms with Gasteiger partial charge in [0.2, 0.25) is 11.8 Å². The molecule has 0 radical (unpaired) electrons. The summed E-state index contributed by atoms with van der Waals surface area (Å²) < 4.78 is 19.5. The third kappa shape index (κ3) is 13.1. The molecule has 3 atom stereocenters. The van der Waals surface area contributed by atoms with Crippen molar-refractivity contribution in [1.29, 1.82) is 0 Å². The van der Waals surface area contributed by atoms with E-state index in [4.69, 9.17) is 4.74 Å². The van der Waals surface area contributed by atoms with E-state index in [0.717, 1.165) is 29.7 Å². The highest BCUT2D eigenvalue weighted by Crippen LogP contribution is 2.20. The maximum Gasteiger partial charge on any atom is 0.242 e. The lowest BCUT2D eigenvalue weighted by atomic mass is 9.97. The smallest absolute Gasteiger partial charge is 0.242 e. The average molecular weight is 570 g/mol. The summed E-state index contributed by atoms with van der Waals surface area (Å²) in [7, 11) is 0. The van der Waals surface area contributed by atoms with Crippen molar-refractivity contribution in [1.82, 2.24) is 16.0 Å². The molecule has 0 fully saturated rings. The summed E-state index contributed by atoms with van der Waals surface area (Å²) in [6.45, 7) is 16.2. The van der Waals surface area contributed by atoms with E-state index in [1.54, 1.807) is 12.1 Å². The van der Waals surface area contributed by atoms with Gasteiger partial charge in [-0.2, -0.15) is 0 Å². The Bertz CT molecular complexity index is 1070. The molecule has 41 heavy (non-hydrogen) atoms. The van der Waals surface area contributed by atoms with Crippen LogP contribution in [0.5, 0.6) is 5.75 Å². The van der Waals surface area contributed by atoms with E-state index in [-0.39, 0.29) is 35.4 Å². The Kier molecular flexibility index (Phi) is 14.9. The molecular formula is C34H52FN3O3. The zero-order valence-electron chi connectivity index (χ0n) is 26.1. The Morgan fingerprint density at radius 3 is 2.29 bits per heavy atom. The summed E-state index contributed by atoms with van der Waals surface area (Å²) in [6, 6.07) is 13.6. The first kappa shape index (κ1) is 34.3. The zero-order valence-corrected chi connectivity index (χ0v) is 26.1. The number of carbonyl (C=O) groups excluding carboxylic acids is 2. The van der Waals surface area contributed by atoms with Gasteiger partial charge in [-0.25, -0.2) is 4.39 Å². The number of para-hydroxylation sites is 1. The van der Waals surface area contributed by atoms with Crippen LogP contribution in [-0.4, -0.2) is 43.6 Å². The third-order valence-electron chi connectivity index (χ3n) is 6.92. The number of rotatable bonds is 18. The van der Waals surface area contributed by atoms with Crippen LogP contribution < -0.4 is 20.7 Å². The first-order valence-corrected chi connectivity index (χ1v) is 15.2. The second kappa shape index (κ2) is 17.8. The summed E-state index contributed by atoms with van der Waals surface area (Å²) in [5.41, 5.74) is 2.07. The predicted octanol–water partition coefficient (Wildman–Crippen LogP) is 5.93. The van der Waals surface area contributed by atoms with Gasteiger partial charge < -0.3 is 20.7 Å². The summed E-state index contributed by atoms with van der Waals surface area (Å²) in [4.78, 5) is 26.5. The van der Waals surface area contributed by atoms with Crippen LogP contribution in [0.3, 0.4) is 0 Å². The minimum Gasteiger partial charge on any atom is -0.493 e. The van der Waals surface area contributed by atoms with Crippen LogP contribution in [0.25, 0.3) is 0 Å². The molecule has 0 saturated carbocycles. The fourth-order valence-electron chi connectivity index (χ4n) is 4.78. The molecule has 0 bridgehead atoms. The number of carbonyl (C=O) groups is 2. The fourth-order valence-corrected chi connectivity index (χ4v) is 4.78. The van der Waals surface area contributed by atoms with Crippen LogP contribution in [0.4, 0.5) is 4.39 Å². The van der Waals surface area contributed by atoms with Crippen LogP contribution in [0.2, 0.25) is 0 Å². The molecule has 7 heteroatoms. The van der Waals surface area contributed by atoms with E-state index < -0.39 is 12.1 Å². The number of aryl methyl sites for hydroxylation is 1. The van der Waals surface area contributed by atoms with Crippen molar-refractivity contribution < 1.29 is 18.7 Å². The fraction of sp³-hybridized carbons (Fsp3) is 0.588. The van der Waals surface area contributed by atoms with Gasteiger partial charge in [-0.1, -0.05) is 78.8 Å². The van der Waals surface area contributed by atoms with Gasteiger partial charge in [0.25, 0.3) is 0 Å². The highest BCUT2D eigenvalue weighted by Gasteiger charge is 2.28. The van der Waals surface area contributed by atoms with Gasteiger partial charge in [0, 0.05) is 6.54 Å². The van der Waals surface area contributed by atoms with Gasteiger partial charge in [-0.3, -0.25) is 9.59 Å². The number of nitrogens with one attached hydrogen (secondary N) is 3. The standard InChI is InChI=1S/C34H52FN3O3/c1-23(2)18-30(33(39)36-17-11-14-28-13-8-9-16-31(28)41-22-24(3)4)38-34(40)32(25(5)6)37-21-26(7)19-27-12-10-15-29(35)20-27/h8-10,12-13,15-16,20,23-26,30,32,37H,11,14,17-19,21-22H2,1-7H3,(H,36,39)(H,38,40)/t26-,30+,32-/m1/s1. The Labute approximate surface area is 247 Å². The molecule has 2 rings (SSSR count). The molecule has 6 nitrogen and oxygen atoms in total. The molecule has 0 aliphatic carbocycles. The van der Waals surface area contributed by atoms with Crippen LogP contribution >= 0.6 is 0 Å². The van der Waals surface area contributed by atoms with E-state index in [0.29, 0.717) is 38.5 Å². The lowest BCUT2D eigenvalue weighted by molar-refractivity contribution is -0.131. The molecule has 0 spiro atoms. The highest BCUT2D eigenvalue weighted by molar-refractivity contribution is 5.89. The maximum atomic E-state index is 13.6. The van der Waals surface area contributed by atoms with E-state index in [9.17, 15) is 14.0 Å². The second-order valence-corrected chi connectivity index (χ2v) is 12.5. The molecule has 0 aliphatic rings. The van der Waals surface area contributed by atoms with E-state index in [2.05, 4.69) is 42.8 Å². The molecule has 0 heterocycles. The molecule has 0 aliphatic heterocycles. The molecular weight excluding hydrogens is 517 g/mol. The average Bonchev–Trinajstić information content (AvgIpc) is 2.89.